The van der Waals surface area contributed by atoms with Crippen molar-refractivity contribution in [2.75, 3.05) is 13.1 Å². The molecule has 0 saturated heterocycles. The summed E-state index contributed by atoms with van der Waals surface area (Å²) in [4.78, 5) is 10.4. The van der Waals surface area contributed by atoms with E-state index in [9.17, 15) is 4.79 Å². The quantitative estimate of drug-likeness (QED) is 0.606. The van der Waals surface area contributed by atoms with Crippen LogP contribution in [-0.2, 0) is 21.3 Å². The number of hydrogen-bond donors (Lipinski definition) is 2. The Hall–Kier alpha value is 0.778. The SMILES string of the molecule is NCCCC(=O)CN.O.O.[Cl][Pt][Cl]. The van der Waals surface area contributed by atoms with Crippen LogP contribution in [0.1, 0.15) is 12.8 Å². The second kappa shape index (κ2) is 23.0. The van der Waals surface area contributed by atoms with Crippen LogP contribution in [-0.4, -0.2) is 29.8 Å². The average molecular weight is 418 g/mol. The molecule has 88 valence electrons. The van der Waals surface area contributed by atoms with Crippen LogP contribution in [0.3, 0.4) is 0 Å². The summed E-state index contributed by atoms with van der Waals surface area (Å²) in [6, 6.07) is 0. The molecule has 8 N–H and O–H groups in total. The molecular formula is C5H16Cl2N2O3Pt. The van der Waals surface area contributed by atoms with Crippen molar-refractivity contribution in [2.24, 2.45) is 11.5 Å². The summed E-state index contributed by atoms with van der Waals surface area (Å²) in [5.41, 5.74) is 10.2. The zero-order chi connectivity index (χ0) is 9.11. The summed E-state index contributed by atoms with van der Waals surface area (Å²) in [5, 5.41) is 0. The third-order valence-corrected chi connectivity index (χ3v) is 0.887. The Bertz CT molecular complexity index is 99.8. The molecule has 0 aromatic heterocycles. The third-order valence-electron chi connectivity index (χ3n) is 0.887. The molecule has 0 aromatic rings. The fourth-order valence-electron chi connectivity index (χ4n) is 0.401. The topological polar surface area (TPSA) is 132 Å². The Balaban J connectivity index is -0.0000000720. The van der Waals surface area contributed by atoms with E-state index < -0.39 is 16.5 Å². The fourth-order valence-corrected chi connectivity index (χ4v) is 0.401. The van der Waals surface area contributed by atoms with Crippen LogP contribution < -0.4 is 11.5 Å². The average Bonchev–Trinajstić information content (AvgIpc) is 2.02. The Labute approximate surface area is 94.1 Å². The zero-order valence-electron chi connectivity index (χ0n) is 6.96. The third kappa shape index (κ3) is 32.3. The van der Waals surface area contributed by atoms with Crippen molar-refractivity contribution in [3.05, 3.63) is 0 Å². The van der Waals surface area contributed by atoms with Gasteiger partial charge in [0, 0.05) is 6.42 Å². The van der Waals surface area contributed by atoms with Crippen molar-refractivity contribution in [2.45, 2.75) is 12.8 Å². The molecule has 0 bridgehead atoms. The molecule has 0 atom stereocenters. The van der Waals surface area contributed by atoms with Crippen molar-refractivity contribution >= 4 is 24.6 Å². The van der Waals surface area contributed by atoms with E-state index in [1.807, 2.05) is 0 Å². The first-order chi connectivity index (χ1) is 5.22. The van der Waals surface area contributed by atoms with Crippen molar-refractivity contribution in [3.63, 3.8) is 0 Å². The first-order valence-corrected chi connectivity index (χ1v) is 8.60. The summed E-state index contributed by atoms with van der Waals surface area (Å²) in [6.07, 6.45) is 1.29. The number of ketones is 1. The Kier molecular flexibility index (Phi) is 41.6. The second-order valence-corrected chi connectivity index (χ2v) is 4.96. The van der Waals surface area contributed by atoms with Crippen molar-refractivity contribution in [1.82, 2.24) is 0 Å². The number of rotatable bonds is 4. The van der Waals surface area contributed by atoms with Gasteiger partial charge in [-0.3, -0.25) is 4.79 Å². The second-order valence-electron chi connectivity index (χ2n) is 1.68. The molecular weight excluding hydrogens is 402 g/mol. The number of nitrogens with two attached hydrogens (primary N) is 2. The van der Waals surface area contributed by atoms with Crippen LogP contribution in [0.2, 0.25) is 0 Å². The van der Waals surface area contributed by atoms with E-state index in [0.29, 0.717) is 13.0 Å². The van der Waals surface area contributed by atoms with Gasteiger partial charge in [0.05, 0.1) is 6.54 Å². The van der Waals surface area contributed by atoms with Gasteiger partial charge in [0.2, 0.25) is 0 Å². The van der Waals surface area contributed by atoms with Crippen LogP contribution in [0.25, 0.3) is 0 Å². The molecule has 0 spiro atoms. The van der Waals surface area contributed by atoms with Gasteiger partial charge in [-0.25, -0.2) is 0 Å². The molecule has 0 amide bonds. The van der Waals surface area contributed by atoms with E-state index in [4.69, 9.17) is 30.3 Å². The summed E-state index contributed by atoms with van der Waals surface area (Å²) >= 11 is -0.472. The Morgan fingerprint density at radius 3 is 1.85 bits per heavy atom. The first-order valence-electron chi connectivity index (χ1n) is 2.97. The van der Waals surface area contributed by atoms with Gasteiger partial charge in [0.1, 0.15) is 5.78 Å². The first kappa shape index (κ1) is 23.5. The molecule has 0 radical (unpaired) electrons. The van der Waals surface area contributed by atoms with Crippen LogP contribution in [0.5, 0.6) is 0 Å². The van der Waals surface area contributed by atoms with E-state index >= 15 is 0 Å². The van der Waals surface area contributed by atoms with Crippen molar-refractivity contribution in [1.29, 1.82) is 0 Å². The van der Waals surface area contributed by atoms with Gasteiger partial charge in [-0.2, -0.15) is 0 Å². The van der Waals surface area contributed by atoms with Gasteiger partial charge in [-0.15, -0.1) is 0 Å². The van der Waals surface area contributed by atoms with Gasteiger partial charge in [0.15, 0.2) is 0 Å². The minimum absolute atomic E-state index is 0. The van der Waals surface area contributed by atoms with Gasteiger partial charge < -0.3 is 22.4 Å². The zero-order valence-corrected chi connectivity index (χ0v) is 10.7. The summed E-state index contributed by atoms with van der Waals surface area (Å²) in [5.74, 6) is 0.0930. The molecule has 0 aromatic carbocycles. The Morgan fingerprint density at radius 1 is 1.23 bits per heavy atom. The summed E-state index contributed by atoms with van der Waals surface area (Å²) in [7, 11) is 9.75. The standard InChI is InChI=1S/C5H12N2O.2ClH.2H2O.Pt/c6-3-1-2-5(8)4-7;;;;;/h1-4,6-7H2;2*1H;2*1H2;/q;;;;;+2/p-2. The van der Waals surface area contributed by atoms with Crippen LogP contribution >= 0.6 is 18.8 Å². The van der Waals surface area contributed by atoms with Gasteiger partial charge in [0.25, 0.3) is 0 Å². The fraction of sp³-hybridized carbons (Fsp3) is 0.800. The van der Waals surface area contributed by atoms with E-state index in [1.165, 1.54) is 0 Å². The number of Topliss-reactive ketones (excluding diaryl/α,β-unsaturated/α-hetero) is 1. The van der Waals surface area contributed by atoms with Crippen molar-refractivity contribution < 1.29 is 32.2 Å². The molecule has 13 heavy (non-hydrogen) atoms. The van der Waals surface area contributed by atoms with Crippen LogP contribution in [0.15, 0.2) is 0 Å². The molecule has 8 heteroatoms. The molecule has 0 aliphatic rings. The van der Waals surface area contributed by atoms with E-state index in [2.05, 4.69) is 0 Å². The normalized spacial score (nSPS) is 7.38. The number of hydrogen-bond acceptors (Lipinski definition) is 3. The van der Waals surface area contributed by atoms with E-state index in [0.717, 1.165) is 6.42 Å². The van der Waals surface area contributed by atoms with Crippen molar-refractivity contribution in [3.8, 4) is 0 Å². The molecule has 0 fully saturated rings. The Morgan fingerprint density at radius 2 is 1.62 bits per heavy atom. The molecule has 0 aliphatic carbocycles. The number of carbonyl (C=O) groups excluding carboxylic acids is 1. The maximum absolute atomic E-state index is 10.4. The van der Waals surface area contributed by atoms with Gasteiger partial charge >= 0.3 is 35.3 Å². The monoisotopic (exact) mass is 417 g/mol. The summed E-state index contributed by atoms with van der Waals surface area (Å²) in [6.45, 7) is 0.728. The van der Waals surface area contributed by atoms with Crippen LogP contribution in [0.4, 0.5) is 0 Å². The predicted octanol–water partition coefficient (Wildman–Crippen LogP) is -1.02. The summed E-state index contributed by atoms with van der Waals surface area (Å²) < 4.78 is 0. The van der Waals surface area contributed by atoms with Gasteiger partial charge in [-0.1, -0.05) is 0 Å². The van der Waals surface area contributed by atoms with Gasteiger partial charge in [-0.05, 0) is 13.0 Å². The predicted molar refractivity (Wildman–Crippen MR) is 51.3 cm³/mol. The van der Waals surface area contributed by atoms with Crippen LogP contribution in [0, 0.1) is 0 Å². The molecule has 0 rings (SSSR count). The minimum atomic E-state index is -0.472. The van der Waals surface area contributed by atoms with E-state index in [1.54, 1.807) is 0 Å². The maximum atomic E-state index is 10.4. The van der Waals surface area contributed by atoms with E-state index in [-0.39, 0.29) is 23.3 Å². The molecule has 5 nitrogen and oxygen atoms in total. The molecule has 0 heterocycles. The number of carbonyl (C=O) groups is 1. The molecule has 0 aliphatic heterocycles. The molecule has 0 unspecified atom stereocenters. The number of halogens is 2. The molecule has 0 saturated carbocycles.